The summed E-state index contributed by atoms with van der Waals surface area (Å²) < 4.78 is 1.92. The molecule has 1 aliphatic rings. The molecule has 0 radical (unpaired) electrons. The third kappa shape index (κ3) is 2.24. The Morgan fingerprint density at radius 2 is 1.78 bits per heavy atom. The molecular weight excluding hydrogens is 224 g/mol. The van der Waals surface area contributed by atoms with E-state index in [4.69, 9.17) is 5.73 Å². The van der Waals surface area contributed by atoms with E-state index < -0.39 is 0 Å². The summed E-state index contributed by atoms with van der Waals surface area (Å²) in [6, 6.07) is 10.5. The Morgan fingerprint density at radius 1 is 1.06 bits per heavy atom. The fourth-order valence-electron chi connectivity index (χ4n) is 2.36. The highest BCUT2D eigenvalue weighted by Gasteiger charge is 2.17. The summed E-state index contributed by atoms with van der Waals surface area (Å²) in [6.45, 7) is 2.06. The highest BCUT2D eigenvalue weighted by molar-refractivity contribution is 5.45. The Balaban J connectivity index is 1.78. The van der Waals surface area contributed by atoms with Crippen LogP contribution in [0.3, 0.4) is 0 Å². The van der Waals surface area contributed by atoms with Gasteiger partial charge in [0.2, 0.25) is 0 Å². The average Bonchev–Trinajstić information content (AvgIpc) is 2.90. The highest BCUT2D eigenvalue weighted by Crippen LogP contribution is 2.20. The molecule has 1 saturated heterocycles. The number of hydrogen-bond acceptors (Lipinski definition) is 3. The minimum absolute atomic E-state index is 0.366. The van der Waals surface area contributed by atoms with Gasteiger partial charge in [0.05, 0.1) is 23.8 Å². The second-order valence-electron chi connectivity index (χ2n) is 4.80. The average molecular weight is 242 g/mol. The molecule has 3 rings (SSSR count). The predicted octanol–water partition coefficient (Wildman–Crippen LogP) is 1.80. The van der Waals surface area contributed by atoms with E-state index in [9.17, 15) is 0 Å². The maximum Gasteiger partial charge on any atom is 0.0757 e. The molecule has 4 nitrogen and oxygen atoms in total. The Labute approximate surface area is 107 Å². The van der Waals surface area contributed by atoms with E-state index in [2.05, 4.69) is 28.3 Å². The van der Waals surface area contributed by atoms with Gasteiger partial charge in [-0.3, -0.25) is 0 Å². The number of nitrogens with zero attached hydrogens (tertiary/aromatic N) is 3. The first-order valence-electron chi connectivity index (χ1n) is 6.43. The van der Waals surface area contributed by atoms with E-state index in [0.717, 1.165) is 31.6 Å². The summed E-state index contributed by atoms with van der Waals surface area (Å²) >= 11 is 0. The molecule has 0 atom stereocenters. The van der Waals surface area contributed by atoms with Gasteiger partial charge in [0.25, 0.3) is 0 Å². The Kier molecular flexibility index (Phi) is 3.02. The normalized spacial score (nSPS) is 17.1. The number of nitrogens with two attached hydrogens (primary N) is 1. The van der Waals surface area contributed by atoms with Gasteiger partial charge in [-0.05, 0) is 25.0 Å². The van der Waals surface area contributed by atoms with Crippen LogP contribution in [0.2, 0.25) is 0 Å². The van der Waals surface area contributed by atoms with Crippen LogP contribution in [0.25, 0.3) is 5.69 Å². The zero-order valence-electron chi connectivity index (χ0n) is 10.4. The minimum atomic E-state index is 0.366. The van der Waals surface area contributed by atoms with Crippen molar-refractivity contribution < 1.29 is 0 Å². The molecule has 1 aromatic heterocycles. The van der Waals surface area contributed by atoms with Crippen LogP contribution in [0.15, 0.2) is 42.7 Å². The minimum Gasteiger partial charge on any atom is -0.369 e. The third-order valence-corrected chi connectivity index (χ3v) is 3.49. The van der Waals surface area contributed by atoms with Crippen molar-refractivity contribution in [3.05, 3.63) is 42.7 Å². The first-order chi connectivity index (χ1) is 8.83. The maximum absolute atomic E-state index is 5.92. The molecule has 1 aliphatic heterocycles. The van der Waals surface area contributed by atoms with Crippen molar-refractivity contribution in [2.75, 3.05) is 18.0 Å². The van der Waals surface area contributed by atoms with E-state index in [-0.39, 0.29) is 0 Å². The van der Waals surface area contributed by atoms with E-state index in [1.54, 1.807) is 0 Å². The fourth-order valence-corrected chi connectivity index (χ4v) is 2.36. The van der Waals surface area contributed by atoms with Crippen LogP contribution in [0.4, 0.5) is 5.69 Å². The quantitative estimate of drug-likeness (QED) is 0.873. The lowest BCUT2D eigenvalue weighted by Crippen LogP contribution is -2.39. The van der Waals surface area contributed by atoms with Gasteiger partial charge in [0.15, 0.2) is 0 Å². The summed E-state index contributed by atoms with van der Waals surface area (Å²) in [6.07, 6.45) is 6.16. The van der Waals surface area contributed by atoms with Crippen molar-refractivity contribution in [3.8, 4) is 5.69 Å². The van der Waals surface area contributed by atoms with Gasteiger partial charge < -0.3 is 10.6 Å². The van der Waals surface area contributed by atoms with Gasteiger partial charge >= 0.3 is 0 Å². The molecule has 2 heterocycles. The molecule has 2 aromatic rings. The number of hydrogen-bond donors (Lipinski definition) is 1. The number of anilines is 1. The molecule has 2 N–H and O–H groups in total. The van der Waals surface area contributed by atoms with Crippen molar-refractivity contribution in [3.63, 3.8) is 0 Å². The summed E-state index contributed by atoms with van der Waals surface area (Å²) in [5, 5.41) is 4.42. The molecule has 94 valence electrons. The first kappa shape index (κ1) is 11.3. The van der Waals surface area contributed by atoms with Crippen LogP contribution >= 0.6 is 0 Å². The summed E-state index contributed by atoms with van der Waals surface area (Å²) in [4.78, 5) is 2.36. The number of aromatic nitrogens is 2. The molecule has 0 bridgehead atoms. The van der Waals surface area contributed by atoms with Crippen LogP contribution in [0.5, 0.6) is 0 Å². The van der Waals surface area contributed by atoms with Crippen LogP contribution in [-0.4, -0.2) is 28.9 Å². The Morgan fingerprint density at radius 3 is 2.50 bits per heavy atom. The molecule has 1 aromatic carbocycles. The molecule has 0 amide bonds. The SMILES string of the molecule is NC1CCN(c2cnn(-c3ccccc3)c2)CC1. The maximum atomic E-state index is 5.92. The lowest BCUT2D eigenvalue weighted by Gasteiger charge is -2.30. The fraction of sp³-hybridized carbons (Fsp3) is 0.357. The van der Waals surface area contributed by atoms with E-state index >= 15 is 0 Å². The van der Waals surface area contributed by atoms with Crippen LogP contribution in [0.1, 0.15) is 12.8 Å². The summed E-state index contributed by atoms with van der Waals surface area (Å²) in [7, 11) is 0. The zero-order valence-corrected chi connectivity index (χ0v) is 10.4. The Bertz CT molecular complexity index is 498. The zero-order chi connectivity index (χ0) is 12.4. The summed E-state index contributed by atoms with van der Waals surface area (Å²) in [5.74, 6) is 0. The van der Waals surface area contributed by atoms with Crippen molar-refractivity contribution in [1.82, 2.24) is 9.78 Å². The molecule has 0 aliphatic carbocycles. The third-order valence-electron chi connectivity index (χ3n) is 3.49. The lowest BCUT2D eigenvalue weighted by atomic mass is 10.1. The smallest absolute Gasteiger partial charge is 0.0757 e. The summed E-state index contributed by atoms with van der Waals surface area (Å²) in [5.41, 5.74) is 8.20. The molecule has 18 heavy (non-hydrogen) atoms. The van der Waals surface area contributed by atoms with Crippen LogP contribution < -0.4 is 10.6 Å². The second kappa shape index (κ2) is 4.82. The second-order valence-corrected chi connectivity index (χ2v) is 4.80. The van der Waals surface area contributed by atoms with Gasteiger partial charge in [-0.25, -0.2) is 4.68 Å². The topological polar surface area (TPSA) is 47.1 Å². The lowest BCUT2D eigenvalue weighted by molar-refractivity contribution is 0.501. The molecule has 0 saturated carbocycles. The number of piperidine rings is 1. The largest absolute Gasteiger partial charge is 0.369 e. The van der Waals surface area contributed by atoms with Gasteiger partial charge in [-0.1, -0.05) is 18.2 Å². The van der Waals surface area contributed by atoms with Gasteiger partial charge in [-0.2, -0.15) is 5.10 Å². The highest BCUT2D eigenvalue weighted by atomic mass is 15.3. The molecule has 1 fully saturated rings. The molecule has 0 unspecified atom stereocenters. The monoisotopic (exact) mass is 242 g/mol. The van der Waals surface area contributed by atoms with Crippen LogP contribution in [0, 0.1) is 0 Å². The molecule has 4 heteroatoms. The van der Waals surface area contributed by atoms with Gasteiger partial charge in [0, 0.05) is 19.1 Å². The van der Waals surface area contributed by atoms with Crippen molar-refractivity contribution in [2.24, 2.45) is 5.73 Å². The van der Waals surface area contributed by atoms with Crippen LogP contribution in [-0.2, 0) is 0 Å². The van der Waals surface area contributed by atoms with Crippen molar-refractivity contribution in [2.45, 2.75) is 18.9 Å². The van der Waals surface area contributed by atoms with E-state index in [1.807, 2.05) is 29.1 Å². The predicted molar refractivity (Wildman–Crippen MR) is 73.0 cm³/mol. The number of para-hydroxylation sites is 1. The first-order valence-corrected chi connectivity index (χ1v) is 6.43. The Hall–Kier alpha value is -1.81. The van der Waals surface area contributed by atoms with Crippen molar-refractivity contribution in [1.29, 1.82) is 0 Å². The number of benzene rings is 1. The molecule has 0 spiro atoms. The van der Waals surface area contributed by atoms with Crippen molar-refractivity contribution >= 4 is 5.69 Å². The number of rotatable bonds is 2. The standard InChI is InChI=1S/C14H18N4/c15-12-6-8-17(9-7-12)14-10-16-18(11-14)13-4-2-1-3-5-13/h1-5,10-12H,6-9,15H2. The van der Waals surface area contributed by atoms with E-state index in [1.165, 1.54) is 5.69 Å². The molecular formula is C14H18N4. The van der Waals surface area contributed by atoms with Gasteiger partial charge in [-0.15, -0.1) is 0 Å². The van der Waals surface area contributed by atoms with E-state index in [0.29, 0.717) is 6.04 Å². The van der Waals surface area contributed by atoms with Gasteiger partial charge in [0.1, 0.15) is 0 Å².